The molecule has 2 aliphatic heterocycles. The summed E-state index contributed by atoms with van der Waals surface area (Å²) in [5, 5.41) is 15.0. The number of hydrogen-bond donors (Lipinski definition) is 3. The van der Waals surface area contributed by atoms with Gasteiger partial charge in [0.25, 0.3) is 11.8 Å². The minimum Gasteiger partial charge on any atom is -0.477 e. The van der Waals surface area contributed by atoms with Gasteiger partial charge in [0.05, 0.1) is 6.26 Å². The summed E-state index contributed by atoms with van der Waals surface area (Å²) in [7, 11) is 1.25. The van der Waals surface area contributed by atoms with Crippen molar-refractivity contribution in [3.63, 3.8) is 0 Å². The number of carboxylic acid groups (broad SMARTS) is 1. The van der Waals surface area contributed by atoms with E-state index in [1.807, 2.05) is 0 Å². The van der Waals surface area contributed by atoms with E-state index in [0.29, 0.717) is 0 Å². The Balaban J connectivity index is 0.00000320. The maximum Gasteiger partial charge on any atom is 0.404 e. The van der Waals surface area contributed by atoms with E-state index in [1.165, 1.54) is 31.2 Å². The standard InChI is InChI=1S/C16H16N4O8S.Na/c1-26-19-9(8-3-2-4-27-8)12(21)18-10-13(22)20-11(15(23)24)7(5-28-16(17)25)6-29-14(10)20;/h2-4,10,14H,5-6H2,1H3,(H2,17,25)(H,18,21)(H,23,24);/b19-9+;/t10-,14-;/m1./s1. The van der Waals surface area contributed by atoms with Crippen LogP contribution in [0.4, 0.5) is 4.79 Å². The first-order chi connectivity index (χ1) is 13.8. The van der Waals surface area contributed by atoms with Crippen molar-refractivity contribution in [2.45, 2.75) is 11.4 Å². The van der Waals surface area contributed by atoms with Crippen molar-refractivity contribution in [1.82, 2.24) is 10.2 Å². The summed E-state index contributed by atoms with van der Waals surface area (Å²) < 4.78 is 9.79. The van der Waals surface area contributed by atoms with Gasteiger partial charge in [0.15, 0.2) is 5.76 Å². The third kappa shape index (κ3) is 4.64. The van der Waals surface area contributed by atoms with Crippen LogP contribution in [-0.2, 0) is 24.0 Å². The van der Waals surface area contributed by atoms with Gasteiger partial charge in [-0.15, -0.1) is 11.8 Å². The third-order valence-corrected chi connectivity index (χ3v) is 5.42. The maximum absolute atomic E-state index is 12.6. The molecule has 2 aliphatic rings. The topological polar surface area (TPSA) is 174 Å². The zero-order valence-electron chi connectivity index (χ0n) is 16.0. The van der Waals surface area contributed by atoms with Crippen LogP contribution < -0.4 is 11.1 Å². The van der Waals surface area contributed by atoms with Crippen LogP contribution >= 0.6 is 11.8 Å². The number of rotatable bonds is 7. The molecule has 3 rings (SSSR count). The average molecular weight is 447 g/mol. The number of nitrogens with two attached hydrogens (primary N) is 1. The number of carbonyl (C=O) groups is 4. The first kappa shape index (κ1) is 23.8. The van der Waals surface area contributed by atoms with E-state index < -0.39 is 35.3 Å². The van der Waals surface area contributed by atoms with Gasteiger partial charge < -0.3 is 30.1 Å². The second-order valence-corrected chi connectivity index (χ2v) is 6.93. The number of furan rings is 1. The predicted octanol–water partition coefficient (Wildman–Crippen LogP) is -0.917. The Kier molecular flexibility index (Phi) is 7.95. The van der Waals surface area contributed by atoms with Crippen molar-refractivity contribution < 1.29 is 38.3 Å². The summed E-state index contributed by atoms with van der Waals surface area (Å²) in [6, 6.07) is 2.08. The molecule has 0 aliphatic carbocycles. The molecule has 2 atom stereocenters. The van der Waals surface area contributed by atoms with E-state index in [-0.39, 0.29) is 64.7 Å². The van der Waals surface area contributed by atoms with Crippen molar-refractivity contribution in [1.29, 1.82) is 0 Å². The summed E-state index contributed by atoms with van der Waals surface area (Å²) >= 11 is 1.21. The first-order valence-corrected chi connectivity index (χ1v) is 9.18. The second kappa shape index (κ2) is 10.0. The van der Waals surface area contributed by atoms with Crippen LogP contribution in [0.3, 0.4) is 0 Å². The maximum atomic E-state index is 12.6. The van der Waals surface area contributed by atoms with Crippen LogP contribution in [0.1, 0.15) is 5.76 Å². The number of β-lactam (4-membered cyclic amide) rings is 1. The Morgan fingerprint density at radius 3 is 2.77 bits per heavy atom. The molecule has 1 saturated heterocycles. The molecule has 3 heterocycles. The molecule has 14 heteroatoms. The molecule has 30 heavy (non-hydrogen) atoms. The minimum atomic E-state index is -1.35. The number of thioether (sulfide) groups is 1. The molecule has 0 bridgehead atoms. The second-order valence-electron chi connectivity index (χ2n) is 5.83. The van der Waals surface area contributed by atoms with Gasteiger partial charge >= 0.3 is 12.1 Å². The number of amides is 3. The average Bonchev–Trinajstić information content (AvgIpc) is 3.21. The van der Waals surface area contributed by atoms with E-state index in [1.54, 1.807) is 6.07 Å². The van der Waals surface area contributed by atoms with E-state index in [2.05, 4.69) is 20.0 Å². The monoisotopic (exact) mass is 447 g/mol. The number of carboxylic acids is 1. The molecule has 1 aromatic heterocycles. The fraction of sp³-hybridized carbons (Fsp3) is 0.312. The molecule has 1 aromatic rings. The molecule has 1 radical (unpaired) electrons. The number of aliphatic carboxylic acids is 1. The Hall–Kier alpha value is -2.48. The number of primary amides is 1. The van der Waals surface area contributed by atoms with Gasteiger partial charge in [-0.1, -0.05) is 5.16 Å². The van der Waals surface area contributed by atoms with E-state index >= 15 is 0 Å². The fourth-order valence-electron chi connectivity index (χ4n) is 2.87. The van der Waals surface area contributed by atoms with Crippen LogP contribution in [0.2, 0.25) is 0 Å². The first-order valence-electron chi connectivity index (χ1n) is 8.13. The van der Waals surface area contributed by atoms with Crippen molar-refractivity contribution in [3.05, 3.63) is 35.4 Å². The van der Waals surface area contributed by atoms with Crippen molar-refractivity contribution in [3.8, 4) is 0 Å². The SMILES string of the molecule is CO/N=C(/C(=O)N[C@@H]1C(=O)N2C(C(=O)O)=C(COC(N)=O)CS[C@H]12)c1ccco1.[Na]. The third-order valence-electron chi connectivity index (χ3n) is 4.08. The minimum absolute atomic E-state index is 0. The number of carbonyl (C=O) groups excluding carboxylic acids is 3. The molecule has 0 unspecified atom stereocenters. The Morgan fingerprint density at radius 1 is 1.47 bits per heavy atom. The van der Waals surface area contributed by atoms with E-state index in [4.69, 9.17) is 10.2 Å². The number of fused-ring (bicyclic) bond motifs is 1. The zero-order valence-corrected chi connectivity index (χ0v) is 18.8. The largest absolute Gasteiger partial charge is 0.477 e. The molecule has 1 fully saturated rings. The fourth-order valence-corrected chi connectivity index (χ4v) is 4.19. The number of hydrogen-bond acceptors (Lipinski definition) is 9. The number of nitrogens with zero attached hydrogens (tertiary/aromatic N) is 2. The summed E-state index contributed by atoms with van der Waals surface area (Å²) in [6.45, 7) is -0.347. The molecule has 0 saturated carbocycles. The van der Waals surface area contributed by atoms with Crippen LogP contribution in [-0.4, -0.2) is 100 Å². The summed E-state index contributed by atoms with van der Waals surface area (Å²) in [6.07, 6.45) is 0.290. The smallest absolute Gasteiger partial charge is 0.404 e. The van der Waals surface area contributed by atoms with Gasteiger partial charge in [0.1, 0.15) is 30.8 Å². The summed E-state index contributed by atoms with van der Waals surface area (Å²) in [5.41, 5.74) is 4.68. The van der Waals surface area contributed by atoms with Crippen LogP contribution in [0.15, 0.2) is 39.2 Å². The molecule has 0 aromatic carbocycles. The Labute approximate surface area is 196 Å². The molecule has 12 nitrogen and oxygen atoms in total. The van der Waals surface area contributed by atoms with Crippen LogP contribution in [0.5, 0.6) is 0 Å². The van der Waals surface area contributed by atoms with E-state index in [9.17, 15) is 24.3 Å². The van der Waals surface area contributed by atoms with Gasteiger partial charge in [0, 0.05) is 40.9 Å². The normalized spacial score (nSPS) is 20.5. The summed E-state index contributed by atoms with van der Waals surface area (Å²) in [5.74, 6) is -2.38. The number of nitrogens with one attached hydrogen (secondary N) is 1. The van der Waals surface area contributed by atoms with Gasteiger partial charge in [-0.05, 0) is 12.1 Å². The van der Waals surface area contributed by atoms with Crippen molar-refractivity contribution in [2.24, 2.45) is 10.9 Å². The van der Waals surface area contributed by atoms with Crippen molar-refractivity contribution >= 4 is 70.9 Å². The number of oxime groups is 1. The number of ether oxygens (including phenoxy) is 1. The van der Waals surface area contributed by atoms with Gasteiger partial charge in [-0.2, -0.15) is 0 Å². The Morgan fingerprint density at radius 2 is 2.20 bits per heavy atom. The molecule has 4 N–H and O–H groups in total. The quantitative estimate of drug-likeness (QED) is 0.207. The van der Waals surface area contributed by atoms with Gasteiger partial charge in [0.2, 0.25) is 5.71 Å². The zero-order chi connectivity index (χ0) is 21.1. The molecule has 0 spiro atoms. The molecular formula is C16H16N4NaO8S. The van der Waals surface area contributed by atoms with Crippen LogP contribution in [0.25, 0.3) is 0 Å². The van der Waals surface area contributed by atoms with Crippen LogP contribution in [0, 0.1) is 0 Å². The Bertz CT molecular complexity index is 916. The summed E-state index contributed by atoms with van der Waals surface area (Å²) in [4.78, 5) is 53.3. The molecular weight excluding hydrogens is 431 g/mol. The van der Waals surface area contributed by atoms with E-state index in [0.717, 1.165) is 4.90 Å². The van der Waals surface area contributed by atoms with Crippen molar-refractivity contribution in [2.75, 3.05) is 19.5 Å². The molecule has 3 amide bonds. The predicted molar refractivity (Wildman–Crippen MR) is 103 cm³/mol. The molecule has 155 valence electrons. The van der Waals surface area contributed by atoms with Gasteiger partial charge in [-0.25, -0.2) is 9.59 Å². The van der Waals surface area contributed by atoms with Gasteiger partial charge in [-0.3, -0.25) is 14.5 Å².